The number of hydrogen-bond acceptors (Lipinski definition) is 4. The number of nitrogens with zero attached hydrogens (tertiary/aromatic N) is 1. The quantitative estimate of drug-likeness (QED) is 0.815. The van der Waals surface area contributed by atoms with Crippen LogP contribution in [0.1, 0.15) is 16.8 Å². The highest BCUT2D eigenvalue weighted by molar-refractivity contribution is 7.92. The Morgan fingerprint density at radius 2 is 1.81 bits per heavy atom. The van der Waals surface area contributed by atoms with E-state index in [4.69, 9.17) is 0 Å². The van der Waals surface area contributed by atoms with Crippen LogP contribution in [0.3, 0.4) is 0 Å². The normalized spacial score (nSPS) is 17.1. The Balaban J connectivity index is 1.50. The Hall–Kier alpha value is -2.54. The Bertz CT molecular complexity index is 851. The van der Waals surface area contributed by atoms with Crippen molar-refractivity contribution in [3.05, 3.63) is 60.2 Å². The molecule has 6 nitrogen and oxygen atoms in total. The van der Waals surface area contributed by atoms with E-state index >= 15 is 0 Å². The Labute approximate surface area is 154 Å². The van der Waals surface area contributed by atoms with E-state index in [2.05, 4.69) is 27.1 Å². The second-order valence-corrected chi connectivity index (χ2v) is 8.35. The van der Waals surface area contributed by atoms with E-state index in [9.17, 15) is 13.2 Å². The summed E-state index contributed by atoms with van der Waals surface area (Å²) >= 11 is 0. The topological polar surface area (TPSA) is 78.5 Å². The van der Waals surface area contributed by atoms with Gasteiger partial charge in [-0.2, -0.15) is 0 Å². The predicted molar refractivity (Wildman–Crippen MR) is 104 cm³/mol. The molecule has 1 saturated heterocycles. The van der Waals surface area contributed by atoms with Gasteiger partial charge in [0.05, 0.1) is 6.26 Å². The fourth-order valence-electron chi connectivity index (χ4n) is 3.12. The smallest absolute Gasteiger partial charge is 0.251 e. The summed E-state index contributed by atoms with van der Waals surface area (Å²) in [5, 5.41) is 2.98. The average molecular weight is 373 g/mol. The number of sulfonamides is 1. The predicted octanol–water partition coefficient (Wildman–Crippen LogP) is 2.31. The van der Waals surface area contributed by atoms with Crippen molar-refractivity contribution in [2.75, 3.05) is 35.5 Å². The van der Waals surface area contributed by atoms with Gasteiger partial charge in [-0.05, 0) is 48.7 Å². The summed E-state index contributed by atoms with van der Waals surface area (Å²) in [5.41, 5.74) is 2.18. The number of hydrogen-bond donors (Lipinski definition) is 2. The molecule has 1 amide bonds. The number of para-hydroxylation sites is 1. The van der Waals surface area contributed by atoms with Crippen LogP contribution in [0.5, 0.6) is 0 Å². The second-order valence-electron chi connectivity index (χ2n) is 6.60. The van der Waals surface area contributed by atoms with Crippen LogP contribution in [-0.2, 0) is 10.0 Å². The molecule has 0 unspecified atom stereocenters. The summed E-state index contributed by atoms with van der Waals surface area (Å²) in [6.45, 7) is 2.56. The fourth-order valence-corrected chi connectivity index (χ4v) is 3.68. The molecule has 0 saturated carbocycles. The first-order chi connectivity index (χ1) is 12.4. The molecule has 0 aliphatic carbocycles. The summed E-state index contributed by atoms with van der Waals surface area (Å²) in [6, 6.07) is 16.7. The molecular formula is C19H23N3O3S. The SMILES string of the molecule is CS(=O)(=O)Nc1ccc(C(=O)NC[C@H]2CCN(c3ccccc3)C2)cc1. The number of nitrogens with one attached hydrogen (secondary N) is 2. The highest BCUT2D eigenvalue weighted by Crippen LogP contribution is 2.23. The van der Waals surface area contributed by atoms with E-state index < -0.39 is 10.0 Å². The first kappa shape index (κ1) is 18.3. The maximum atomic E-state index is 12.3. The van der Waals surface area contributed by atoms with Crippen LogP contribution in [0.15, 0.2) is 54.6 Å². The highest BCUT2D eigenvalue weighted by Gasteiger charge is 2.23. The van der Waals surface area contributed by atoms with Gasteiger partial charge in [0.25, 0.3) is 5.91 Å². The Kier molecular flexibility index (Phi) is 5.46. The van der Waals surface area contributed by atoms with Crippen LogP contribution in [0, 0.1) is 5.92 Å². The third kappa shape index (κ3) is 4.98. The number of anilines is 2. The van der Waals surface area contributed by atoms with Crippen molar-refractivity contribution < 1.29 is 13.2 Å². The molecule has 1 fully saturated rings. The van der Waals surface area contributed by atoms with Crippen molar-refractivity contribution in [1.82, 2.24) is 5.32 Å². The first-order valence-corrected chi connectivity index (χ1v) is 10.5. The van der Waals surface area contributed by atoms with Crippen molar-refractivity contribution in [2.24, 2.45) is 5.92 Å². The van der Waals surface area contributed by atoms with E-state index in [0.29, 0.717) is 23.7 Å². The zero-order chi connectivity index (χ0) is 18.6. The van der Waals surface area contributed by atoms with Crippen LogP contribution < -0.4 is 14.9 Å². The molecule has 1 atom stereocenters. The summed E-state index contributed by atoms with van der Waals surface area (Å²) in [6.07, 6.45) is 2.14. The molecule has 26 heavy (non-hydrogen) atoms. The number of carbonyl (C=O) groups excluding carboxylic acids is 1. The van der Waals surface area contributed by atoms with E-state index in [1.165, 1.54) is 5.69 Å². The molecule has 7 heteroatoms. The standard InChI is InChI=1S/C19H23N3O3S/c1-26(24,25)21-17-9-7-16(8-10-17)19(23)20-13-15-11-12-22(14-15)18-5-3-2-4-6-18/h2-10,15,21H,11-14H2,1H3,(H,20,23)/t15-/m1/s1. The molecule has 0 spiro atoms. The van der Waals surface area contributed by atoms with Gasteiger partial charge in [0.15, 0.2) is 0 Å². The van der Waals surface area contributed by atoms with Gasteiger partial charge < -0.3 is 10.2 Å². The van der Waals surface area contributed by atoms with Crippen LogP contribution in [0.2, 0.25) is 0 Å². The molecule has 2 aromatic carbocycles. The van der Waals surface area contributed by atoms with Gasteiger partial charge in [-0.25, -0.2) is 8.42 Å². The van der Waals surface area contributed by atoms with Gasteiger partial charge in [0.1, 0.15) is 0 Å². The maximum Gasteiger partial charge on any atom is 0.251 e. The Morgan fingerprint density at radius 3 is 2.46 bits per heavy atom. The second kappa shape index (κ2) is 7.78. The number of rotatable bonds is 6. The van der Waals surface area contributed by atoms with Crippen molar-refractivity contribution in [1.29, 1.82) is 0 Å². The minimum Gasteiger partial charge on any atom is -0.371 e. The lowest BCUT2D eigenvalue weighted by Gasteiger charge is -2.18. The molecule has 1 heterocycles. The molecule has 2 aromatic rings. The lowest BCUT2D eigenvalue weighted by Crippen LogP contribution is -2.31. The molecule has 3 rings (SSSR count). The molecule has 1 aliphatic heterocycles. The van der Waals surface area contributed by atoms with Gasteiger partial charge in [-0.15, -0.1) is 0 Å². The minimum absolute atomic E-state index is 0.144. The number of benzene rings is 2. The fraction of sp³-hybridized carbons (Fsp3) is 0.316. The van der Waals surface area contributed by atoms with Crippen LogP contribution >= 0.6 is 0 Å². The van der Waals surface area contributed by atoms with Crippen molar-refractivity contribution in [2.45, 2.75) is 6.42 Å². The Morgan fingerprint density at radius 1 is 1.12 bits per heavy atom. The lowest BCUT2D eigenvalue weighted by atomic mass is 10.1. The zero-order valence-corrected chi connectivity index (χ0v) is 15.5. The van der Waals surface area contributed by atoms with Crippen LogP contribution in [-0.4, -0.2) is 40.2 Å². The monoisotopic (exact) mass is 373 g/mol. The third-order valence-electron chi connectivity index (χ3n) is 4.41. The summed E-state index contributed by atoms with van der Waals surface area (Å²) in [5.74, 6) is 0.277. The first-order valence-electron chi connectivity index (χ1n) is 8.57. The van der Waals surface area contributed by atoms with Crippen molar-refractivity contribution >= 4 is 27.3 Å². The lowest BCUT2D eigenvalue weighted by molar-refractivity contribution is 0.0948. The van der Waals surface area contributed by atoms with Gasteiger partial charge in [0.2, 0.25) is 10.0 Å². The van der Waals surface area contributed by atoms with Crippen LogP contribution in [0.4, 0.5) is 11.4 Å². The van der Waals surface area contributed by atoms with Gasteiger partial charge in [-0.3, -0.25) is 9.52 Å². The van der Waals surface area contributed by atoms with E-state index in [1.54, 1.807) is 24.3 Å². The molecule has 0 radical (unpaired) electrons. The molecule has 138 valence electrons. The van der Waals surface area contributed by atoms with Gasteiger partial charge in [-0.1, -0.05) is 18.2 Å². The molecule has 0 bridgehead atoms. The van der Waals surface area contributed by atoms with E-state index in [0.717, 1.165) is 25.8 Å². The molecular weight excluding hydrogens is 350 g/mol. The molecule has 2 N–H and O–H groups in total. The summed E-state index contributed by atoms with van der Waals surface area (Å²) in [4.78, 5) is 14.6. The minimum atomic E-state index is -3.31. The highest BCUT2D eigenvalue weighted by atomic mass is 32.2. The summed E-state index contributed by atoms with van der Waals surface area (Å²) < 4.78 is 24.8. The average Bonchev–Trinajstić information content (AvgIpc) is 3.09. The van der Waals surface area contributed by atoms with Gasteiger partial charge in [0, 0.05) is 36.6 Å². The molecule has 0 aromatic heterocycles. The number of carbonyl (C=O) groups is 1. The van der Waals surface area contributed by atoms with Gasteiger partial charge >= 0.3 is 0 Å². The third-order valence-corrected chi connectivity index (χ3v) is 5.02. The molecule has 1 aliphatic rings. The van der Waals surface area contributed by atoms with E-state index in [-0.39, 0.29) is 5.91 Å². The largest absolute Gasteiger partial charge is 0.371 e. The maximum absolute atomic E-state index is 12.3. The van der Waals surface area contributed by atoms with E-state index in [1.807, 2.05) is 18.2 Å². The zero-order valence-electron chi connectivity index (χ0n) is 14.7. The van der Waals surface area contributed by atoms with Crippen molar-refractivity contribution in [3.63, 3.8) is 0 Å². The van der Waals surface area contributed by atoms with Crippen molar-refractivity contribution in [3.8, 4) is 0 Å². The van der Waals surface area contributed by atoms with Crippen LogP contribution in [0.25, 0.3) is 0 Å². The number of amides is 1. The summed E-state index contributed by atoms with van der Waals surface area (Å²) in [7, 11) is -3.31.